The van der Waals surface area contributed by atoms with Crippen molar-refractivity contribution < 1.29 is 9.47 Å². The molecule has 2 heterocycles. The SMILES string of the molecule is COc1ccc(Nc2cc(NCc3ccncc3)nc(C)n2)c(OC)c1. The number of benzene rings is 1. The minimum atomic E-state index is 0.657. The molecule has 26 heavy (non-hydrogen) atoms. The lowest BCUT2D eigenvalue weighted by molar-refractivity contribution is 0.395. The number of nitrogens with zero attached hydrogens (tertiary/aromatic N) is 3. The zero-order valence-electron chi connectivity index (χ0n) is 15.0. The third-order valence-electron chi connectivity index (χ3n) is 3.73. The van der Waals surface area contributed by atoms with E-state index in [0.717, 1.165) is 22.8 Å². The van der Waals surface area contributed by atoms with Crippen LogP contribution in [0, 0.1) is 6.92 Å². The van der Waals surface area contributed by atoms with Gasteiger partial charge >= 0.3 is 0 Å². The van der Waals surface area contributed by atoms with Gasteiger partial charge in [0.15, 0.2) is 0 Å². The number of rotatable bonds is 7. The van der Waals surface area contributed by atoms with Crippen LogP contribution in [0.3, 0.4) is 0 Å². The summed E-state index contributed by atoms with van der Waals surface area (Å²) in [5, 5.41) is 6.58. The van der Waals surface area contributed by atoms with E-state index in [1.165, 1.54) is 0 Å². The molecule has 0 fully saturated rings. The Kier molecular flexibility index (Phi) is 5.48. The lowest BCUT2D eigenvalue weighted by Crippen LogP contribution is -2.05. The highest BCUT2D eigenvalue weighted by Crippen LogP contribution is 2.31. The molecule has 2 aromatic heterocycles. The Hall–Kier alpha value is -3.35. The van der Waals surface area contributed by atoms with Crippen molar-refractivity contribution >= 4 is 17.3 Å². The summed E-state index contributed by atoms with van der Waals surface area (Å²) in [6, 6.07) is 11.3. The van der Waals surface area contributed by atoms with Crippen molar-refractivity contribution in [3.8, 4) is 11.5 Å². The number of anilines is 3. The Morgan fingerprint density at radius 3 is 2.42 bits per heavy atom. The molecule has 0 aliphatic carbocycles. The number of hydrogen-bond donors (Lipinski definition) is 2. The molecule has 0 saturated heterocycles. The van der Waals surface area contributed by atoms with Crippen LogP contribution in [0.25, 0.3) is 0 Å². The molecular weight excluding hydrogens is 330 g/mol. The molecule has 134 valence electrons. The summed E-state index contributed by atoms with van der Waals surface area (Å²) in [4.78, 5) is 12.9. The lowest BCUT2D eigenvalue weighted by Gasteiger charge is -2.13. The molecule has 0 saturated carbocycles. The highest BCUT2D eigenvalue weighted by molar-refractivity contribution is 5.67. The maximum absolute atomic E-state index is 5.42. The molecule has 0 spiro atoms. The zero-order chi connectivity index (χ0) is 18.4. The third kappa shape index (κ3) is 4.38. The Labute approximate surface area is 152 Å². The first-order chi connectivity index (χ1) is 12.7. The van der Waals surface area contributed by atoms with Gasteiger partial charge in [0, 0.05) is 31.1 Å². The quantitative estimate of drug-likeness (QED) is 0.673. The Balaban J connectivity index is 1.77. The number of aryl methyl sites for hydroxylation is 1. The van der Waals surface area contributed by atoms with E-state index in [2.05, 4.69) is 25.6 Å². The molecular formula is C19H21N5O2. The van der Waals surface area contributed by atoms with Crippen LogP contribution in [0.1, 0.15) is 11.4 Å². The molecule has 0 amide bonds. The van der Waals surface area contributed by atoms with E-state index in [4.69, 9.17) is 9.47 Å². The molecule has 0 bridgehead atoms. The first-order valence-corrected chi connectivity index (χ1v) is 8.15. The Bertz CT molecular complexity index is 871. The van der Waals surface area contributed by atoms with Crippen LogP contribution in [0.4, 0.5) is 17.3 Å². The van der Waals surface area contributed by atoms with Crippen molar-refractivity contribution in [3.63, 3.8) is 0 Å². The fourth-order valence-electron chi connectivity index (χ4n) is 2.46. The van der Waals surface area contributed by atoms with Crippen molar-refractivity contribution in [2.75, 3.05) is 24.9 Å². The van der Waals surface area contributed by atoms with Gasteiger partial charge in [0.05, 0.1) is 19.9 Å². The van der Waals surface area contributed by atoms with Crippen LogP contribution in [0.15, 0.2) is 48.8 Å². The first-order valence-electron chi connectivity index (χ1n) is 8.15. The smallest absolute Gasteiger partial charge is 0.146 e. The summed E-state index contributed by atoms with van der Waals surface area (Å²) in [5.74, 6) is 3.49. The maximum atomic E-state index is 5.42. The van der Waals surface area contributed by atoms with Gasteiger partial charge in [0.2, 0.25) is 0 Å². The standard InChI is InChI=1S/C19H21N5O2/c1-13-22-18(21-12-14-6-8-20-9-7-14)11-19(23-13)24-16-5-4-15(25-2)10-17(16)26-3/h4-11H,12H2,1-3H3,(H2,21,22,23,24). The second-order valence-corrected chi connectivity index (χ2v) is 5.59. The zero-order valence-corrected chi connectivity index (χ0v) is 15.0. The fourth-order valence-corrected chi connectivity index (χ4v) is 2.46. The van der Waals surface area contributed by atoms with Gasteiger partial charge in [-0.05, 0) is 36.8 Å². The molecule has 3 rings (SSSR count). The van der Waals surface area contributed by atoms with Crippen molar-refractivity contribution in [3.05, 3.63) is 60.2 Å². The molecule has 7 heteroatoms. The van der Waals surface area contributed by atoms with E-state index >= 15 is 0 Å². The molecule has 0 aliphatic heterocycles. The number of aromatic nitrogens is 3. The minimum Gasteiger partial charge on any atom is -0.497 e. The van der Waals surface area contributed by atoms with Crippen molar-refractivity contribution in [1.29, 1.82) is 0 Å². The van der Waals surface area contributed by atoms with Crippen molar-refractivity contribution in [2.45, 2.75) is 13.5 Å². The summed E-state index contributed by atoms with van der Waals surface area (Å²) in [7, 11) is 3.24. The molecule has 1 aromatic carbocycles. The Morgan fingerprint density at radius 2 is 1.69 bits per heavy atom. The van der Waals surface area contributed by atoms with Crippen LogP contribution in [-0.2, 0) is 6.54 Å². The van der Waals surface area contributed by atoms with Gasteiger partial charge in [-0.1, -0.05) is 0 Å². The molecule has 0 atom stereocenters. The Morgan fingerprint density at radius 1 is 0.923 bits per heavy atom. The van der Waals surface area contributed by atoms with Gasteiger partial charge in [-0.25, -0.2) is 9.97 Å². The molecule has 7 nitrogen and oxygen atoms in total. The van der Waals surface area contributed by atoms with E-state index in [1.807, 2.05) is 43.3 Å². The van der Waals surface area contributed by atoms with E-state index in [0.29, 0.717) is 23.9 Å². The van der Waals surface area contributed by atoms with E-state index in [9.17, 15) is 0 Å². The van der Waals surface area contributed by atoms with Gasteiger partial charge in [-0.2, -0.15) is 0 Å². The first kappa shape index (κ1) is 17.5. The van der Waals surface area contributed by atoms with E-state index in [1.54, 1.807) is 26.6 Å². The highest BCUT2D eigenvalue weighted by Gasteiger charge is 2.08. The summed E-state index contributed by atoms with van der Waals surface area (Å²) in [5.41, 5.74) is 1.93. The number of hydrogen-bond acceptors (Lipinski definition) is 7. The van der Waals surface area contributed by atoms with Crippen LogP contribution >= 0.6 is 0 Å². The molecule has 0 unspecified atom stereocenters. The number of nitrogens with one attached hydrogen (secondary N) is 2. The van der Waals surface area contributed by atoms with Crippen LogP contribution < -0.4 is 20.1 Å². The fraction of sp³-hybridized carbons (Fsp3) is 0.211. The number of ether oxygens (including phenoxy) is 2. The topological polar surface area (TPSA) is 81.2 Å². The maximum Gasteiger partial charge on any atom is 0.146 e. The van der Waals surface area contributed by atoms with Crippen LogP contribution in [0.2, 0.25) is 0 Å². The summed E-state index contributed by atoms with van der Waals surface area (Å²) in [6.45, 7) is 2.51. The van der Waals surface area contributed by atoms with Gasteiger partial charge in [0.25, 0.3) is 0 Å². The lowest BCUT2D eigenvalue weighted by atomic mass is 10.2. The van der Waals surface area contributed by atoms with E-state index in [-0.39, 0.29) is 0 Å². The van der Waals surface area contributed by atoms with Crippen LogP contribution in [-0.4, -0.2) is 29.2 Å². The predicted molar refractivity (Wildman–Crippen MR) is 101 cm³/mol. The molecule has 3 aromatic rings. The summed E-state index contributed by atoms with van der Waals surface area (Å²) in [6.07, 6.45) is 3.54. The monoisotopic (exact) mass is 351 g/mol. The van der Waals surface area contributed by atoms with Crippen LogP contribution in [0.5, 0.6) is 11.5 Å². The van der Waals surface area contributed by atoms with Gasteiger partial charge in [-0.3, -0.25) is 4.98 Å². The molecule has 0 aliphatic rings. The van der Waals surface area contributed by atoms with Crippen molar-refractivity contribution in [2.24, 2.45) is 0 Å². The molecule has 0 radical (unpaired) electrons. The highest BCUT2D eigenvalue weighted by atomic mass is 16.5. The van der Waals surface area contributed by atoms with Gasteiger partial charge in [0.1, 0.15) is 29.0 Å². The molecule has 2 N–H and O–H groups in total. The largest absolute Gasteiger partial charge is 0.497 e. The second-order valence-electron chi connectivity index (χ2n) is 5.59. The number of methoxy groups -OCH3 is 2. The number of pyridine rings is 1. The summed E-state index contributed by atoms with van der Waals surface area (Å²) < 4.78 is 10.6. The predicted octanol–water partition coefficient (Wildman–Crippen LogP) is 3.55. The van der Waals surface area contributed by atoms with Crippen molar-refractivity contribution in [1.82, 2.24) is 15.0 Å². The third-order valence-corrected chi connectivity index (χ3v) is 3.73. The minimum absolute atomic E-state index is 0.657. The summed E-state index contributed by atoms with van der Waals surface area (Å²) >= 11 is 0. The van der Waals surface area contributed by atoms with Gasteiger partial charge < -0.3 is 20.1 Å². The average Bonchev–Trinajstić information content (AvgIpc) is 2.67. The van der Waals surface area contributed by atoms with Gasteiger partial charge in [-0.15, -0.1) is 0 Å². The second kappa shape index (κ2) is 8.15. The van der Waals surface area contributed by atoms with E-state index < -0.39 is 0 Å². The normalized spacial score (nSPS) is 10.3. The average molecular weight is 351 g/mol.